The van der Waals surface area contributed by atoms with E-state index < -0.39 is 5.95 Å². The maximum atomic E-state index is 13.3. The molecule has 1 aromatic heterocycles. The van der Waals surface area contributed by atoms with Crippen LogP contribution < -0.4 is 0 Å². The lowest BCUT2D eigenvalue weighted by Crippen LogP contribution is -2.31. The Morgan fingerprint density at radius 1 is 1.53 bits per heavy atom. The van der Waals surface area contributed by atoms with E-state index in [0.717, 1.165) is 0 Å². The van der Waals surface area contributed by atoms with Crippen LogP contribution in [0.2, 0.25) is 0 Å². The molecule has 1 aromatic rings. The van der Waals surface area contributed by atoms with Crippen molar-refractivity contribution in [1.82, 2.24) is 9.88 Å². The van der Waals surface area contributed by atoms with Crippen LogP contribution in [0.3, 0.4) is 0 Å². The van der Waals surface area contributed by atoms with Crippen molar-refractivity contribution in [2.45, 2.75) is 13.8 Å². The number of carbonyl (C=O) groups is 1. The number of hydrogen-bond donors (Lipinski definition) is 0. The summed E-state index contributed by atoms with van der Waals surface area (Å²) >= 11 is 3.16. The monoisotopic (exact) mass is 274 g/mol. The summed E-state index contributed by atoms with van der Waals surface area (Å²) in [5.74, 6) is -1.05. The number of amides is 1. The smallest absolute Gasteiger partial charge is 0.258 e. The summed E-state index contributed by atoms with van der Waals surface area (Å²) in [5, 5.41) is 0. The number of aromatic nitrogens is 1. The second-order valence-corrected chi connectivity index (χ2v) is 3.89. The number of nitrogens with zero attached hydrogens (tertiary/aromatic N) is 2. The van der Waals surface area contributed by atoms with Gasteiger partial charge in [-0.3, -0.25) is 4.79 Å². The van der Waals surface area contributed by atoms with Crippen LogP contribution in [0.1, 0.15) is 24.2 Å². The largest absolute Gasteiger partial charge is 0.339 e. The van der Waals surface area contributed by atoms with Gasteiger partial charge in [0.15, 0.2) is 0 Å². The molecule has 15 heavy (non-hydrogen) atoms. The summed E-state index contributed by atoms with van der Waals surface area (Å²) in [7, 11) is 0. The minimum absolute atomic E-state index is 0.00748. The first-order chi connectivity index (χ1) is 7.10. The van der Waals surface area contributed by atoms with E-state index in [-0.39, 0.29) is 11.5 Å². The summed E-state index contributed by atoms with van der Waals surface area (Å²) < 4.78 is 13.9. The summed E-state index contributed by atoms with van der Waals surface area (Å²) in [6, 6.07) is 1.45. The number of rotatable bonds is 3. The van der Waals surface area contributed by atoms with Crippen LogP contribution in [-0.2, 0) is 0 Å². The highest BCUT2D eigenvalue weighted by atomic mass is 79.9. The predicted molar refractivity (Wildman–Crippen MR) is 59.1 cm³/mol. The van der Waals surface area contributed by atoms with E-state index in [4.69, 9.17) is 0 Å². The Morgan fingerprint density at radius 2 is 2.13 bits per heavy atom. The Morgan fingerprint density at radius 3 is 2.67 bits per heavy atom. The highest BCUT2D eigenvalue weighted by Gasteiger charge is 2.17. The highest BCUT2D eigenvalue weighted by molar-refractivity contribution is 9.10. The van der Waals surface area contributed by atoms with Crippen LogP contribution in [0.5, 0.6) is 0 Å². The maximum absolute atomic E-state index is 13.3. The molecule has 1 heterocycles. The van der Waals surface area contributed by atoms with Crippen molar-refractivity contribution >= 4 is 21.8 Å². The van der Waals surface area contributed by atoms with Gasteiger partial charge >= 0.3 is 0 Å². The summed E-state index contributed by atoms with van der Waals surface area (Å²) in [5.41, 5.74) is 0.00748. The lowest BCUT2D eigenvalue weighted by atomic mass is 10.2. The van der Waals surface area contributed by atoms with E-state index in [0.29, 0.717) is 17.6 Å². The minimum atomic E-state index is -0.727. The third kappa shape index (κ3) is 2.75. The molecule has 0 fully saturated rings. The van der Waals surface area contributed by atoms with Gasteiger partial charge in [0.05, 0.1) is 5.56 Å². The van der Waals surface area contributed by atoms with Gasteiger partial charge in [-0.1, -0.05) is 0 Å². The van der Waals surface area contributed by atoms with Crippen LogP contribution in [0.25, 0.3) is 0 Å². The Hall–Kier alpha value is -0.970. The average molecular weight is 275 g/mol. The molecule has 0 N–H and O–H groups in total. The first-order valence-corrected chi connectivity index (χ1v) is 5.49. The van der Waals surface area contributed by atoms with Gasteiger partial charge in [0.2, 0.25) is 5.95 Å². The van der Waals surface area contributed by atoms with Gasteiger partial charge < -0.3 is 4.90 Å². The molecular weight excluding hydrogens is 263 g/mol. The zero-order valence-electron chi connectivity index (χ0n) is 8.63. The van der Waals surface area contributed by atoms with Crippen LogP contribution >= 0.6 is 15.9 Å². The van der Waals surface area contributed by atoms with Crippen molar-refractivity contribution in [1.29, 1.82) is 0 Å². The quantitative estimate of drug-likeness (QED) is 0.794. The summed E-state index contributed by atoms with van der Waals surface area (Å²) in [6.45, 7) is 4.82. The molecule has 0 aromatic carbocycles. The van der Waals surface area contributed by atoms with Gasteiger partial charge in [0, 0.05) is 23.8 Å². The van der Waals surface area contributed by atoms with E-state index in [9.17, 15) is 9.18 Å². The molecule has 0 bridgehead atoms. The second-order valence-electron chi connectivity index (χ2n) is 2.97. The standard InChI is InChI=1S/C10H12BrFN2O/c1-3-14(4-2)10(15)8-5-7(11)6-13-9(8)12/h5-6H,3-4H2,1-2H3. The normalized spacial score (nSPS) is 10.1. The van der Waals surface area contributed by atoms with E-state index >= 15 is 0 Å². The fourth-order valence-electron chi connectivity index (χ4n) is 1.25. The molecule has 0 aliphatic heterocycles. The van der Waals surface area contributed by atoms with E-state index in [1.807, 2.05) is 13.8 Å². The predicted octanol–water partition coefficient (Wildman–Crippen LogP) is 2.47. The topological polar surface area (TPSA) is 33.2 Å². The minimum Gasteiger partial charge on any atom is -0.339 e. The first-order valence-electron chi connectivity index (χ1n) is 4.70. The zero-order chi connectivity index (χ0) is 11.4. The molecule has 1 rings (SSSR count). The van der Waals surface area contributed by atoms with Gasteiger partial charge in [0.1, 0.15) is 0 Å². The second kappa shape index (κ2) is 5.21. The lowest BCUT2D eigenvalue weighted by molar-refractivity contribution is 0.0767. The molecule has 0 saturated heterocycles. The van der Waals surface area contributed by atoms with Gasteiger partial charge in [-0.25, -0.2) is 4.98 Å². The van der Waals surface area contributed by atoms with Gasteiger partial charge in [-0.15, -0.1) is 0 Å². The van der Waals surface area contributed by atoms with Crippen molar-refractivity contribution in [3.8, 4) is 0 Å². The average Bonchev–Trinajstić information content (AvgIpc) is 2.23. The third-order valence-corrected chi connectivity index (χ3v) is 2.52. The van der Waals surface area contributed by atoms with Crippen molar-refractivity contribution in [2.24, 2.45) is 0 Å². The Bertz CT molecular complexity index is 366. The SMILES string of the molecule is CCN(CC)C(=O)c1cc(Br)cnc1F. The highest BCUT2D eigenvalue weighted by Crippen LogP contribution is 2.14. The van der Waals surface area contributed by atoms with Gasteiger partial charge in [-0.2, -0.15) is 4.39 Å². The van der Waals surface area contributed by atoms with Crippen molar-refractivity contribution in [2.75, 3.05) is 13.1 Å². The zero-order valence-corrected chi connectivity index (χ0v) is 10.2. The fraction of sp³-hybridized carbons (Fsp3) is 0.400. The van der Waals surface area contributed by atoms with E-state index in [1.165, 1.54) is 12.3 Å². The van der Waals surface area contributed by atoms with Crippen LogP contribution in [0.4, 0.5) is 4.39 Å². The van der Waals surface area contributed by atoms with Gasteiger partial charge in [0.25, 0.3) is 5.91 Å². The van der Waals surface area contributed by atoms with Crippen LogP contribution in [-0.4, -0.2) is 28.9 Å². The summed E-state index contributed by atoms with van der Waals surface area (Å²) in [4.78, 5) is 16.8. The first kappa shape index (κ1) is 12.1. The number of pyridine rings is 1. The third-order valence-electron chi connectivity index (χ3n) is 2.09. The molecule has 3 nitrogen and oxygen atoms in total. The lowest BCUT2D eigenvalue weighted by Gasteiger charge is -2.18. The van der Waals surface area contributed by atoms with E-state index in [1.54, 1.807) is 4.90 Å². The van der Waals surface area contributed by atoms with Crippen LogP contribution in [0, 0.1) is 5.95 Å². The van der Waals surface area contributed by atoms with E-state index in [2.05, 4.69) is 20.9 Å². The van der Waals surface area contributed by atoms with Gasteiger partial charge in [-0.05, 0) is 35.8 Å². The fourth-order valence-corrected chi connectivity index (χ4v) is 1.59. The molecule has 1 amide bonds. The molecule has 0 unspecified atom stereocenters. The van der Waals surface area contributed by atoms with Crippen molar-refractivity contribution < 1.29 is 9.18 Å². The molecule has 0 saturated carbocycles. The van der Waals surface area contributed by atoms with Crippen molar-refractivity contribution in [3.63, 3.8) is 0 Å². The molecule has 0 aliphatic carbocycles. The summed E-state index contributed by atoms with van der Waals surface area (Å²) in [6.07, 6.45) is 1.33. The number of halogens is 2. The molecule has 82 valence electrons. The number of hydrogen-bond acceptors (Lipinski definition) is 2. The van der Waals surface area contributed by atoms with Crippen molar-refractivity contribution in [3.05, 3.63) is 28.2 Å². The molecule has 5 heteroatoms. The molecular formula is C10H12BrFN2O. The Kier molecular flexibility index (Phi) is 4.20. The van der Waals surface area contributed by atoms with Crippen LogP contribution in [0.15, 0.2) is 16.7 Å². The Labute approximate surface area is 96.4 Å². The molecule has 0 radical (unpaired) electrons. The molecule has 0 atom stereocenters. The Balaban J connectivity index is 3.04. The number of carbonyl (C=O) groups excluding carboxylic acids is 1. The molecule has 0 aliphatic rings. The maximum Gasteiger partial charge on any atom is 0.258 e. The molecule has 0 spiro atoms.